The number of rotatable bonds is 3. The minimum Gasteiger partial charge on any atom is -0.380 e. The van der Waals surface area contributed by atoms with Crippen LogP contribution in [0.4, 0.5) is 0 Å². The highest BCUT2D eigenvalue weighted by atomic mass is 16.5. The number of hydrogen-bond acceptors (Lipinski definition) is 2. The summed E-state index contributed by atoms with van der Waals surface area (Å²) in [7, 11) is 0. The summed E-state index contributed by atoms with van der Waals surface area (Å²) in [6.45, 7) is 3.62. The van der Waals surface area contributed by atoms with Gasteiger partial charge in [0.25, 0.3) is 0 Å². The third kappa shape index (κ3) is 2.17. The largest absolute Gasteiger partial charge is 0.380 e. The molecule has 0 bridgehead atoms. The molecule has 0 amide bonds. The third-order valence-corrected chi connectivity index (χ3v) is 3.88. The first-order valence-corrected chi connectivity index (χ1v) is 5.88. The summed E-state index contributed by atoms with van der Waals surface area (Å²) in [5.74, 6) is 2.26. The molecule has 0 N–H and O–H groups in total. The topological polar surface area (TPSA) is 26.3 Å². The van der Waals surface area contributed by atoms with Gasteiger partial charge in [0.15, 0.2) is 0 Å². The molecule has 0 aromatic heterocycles. The molecule has 1 saturated carbocycles. The predicted molar refractivity (Wildman–Crippen MR) is 55.1 cm³/mol. The Hall–Kier alpha value is -0.370. The molecule has 1 aliphatic carbocycles. The van der Waals surface area contributed by atoms with Gasteiger partial charge in [-0.2, -0.15) is 0 Å². The first kappa shape index (κ1) is 10.2. The van der Waals surface area contributed by atoms with Gasteiger partial charge in [0.1, 0.15) is 5.78 Å². The highest BCUT2D eigenvalue weighted by Gasteiger charge is 2.30. The Labute approximate surface area is 86.0 Å². The van der Waals surface area contributed by atoms with E-state index in [1.54, 1.807) is 0 Å². The van der Waals surface area contributed by atoms with E-state index >= 15 is 0 Å². The number of Topliss-reactive ketones (excluding diaryl/α,β-unsaturated/α-hetero) is 1. The SMILES string of the molecule is CC(CC1COCCC1=O)C1CCC1. The maximum atomic E-state index is 11.6. The van der Waals surface area contributed by atoms with Crippen LogP contribution in [0.15, 0.2) is 0 Å². The lowest BCUT2D eigenvalue weighted by Crippen LogP contribution is -2.31. The van der Waals surface area contributed by atoms with E-state index in [1.807, 2.05) is 0 Å². The van der Waals surface area contributed by atoms with Gasteiger partial charge < -0.3 is 4.74 Å². The second-order valence-electron chi connectivity index (χ2n) is 4.89. The molecule has 0 aromatic rings. The van der Waals surface area contributed by atoms with Crippen LogP contribution in [-0.2, 0) is 9.53 Å². The molecule has 0 radical (unpaired) electrons. The monoisotopic (exact) mass is 196 g/mol. The first-order chi connectivity index (χ1) is 6.77. The molecule has 2 nitrogen and oxygen atoms in total. The zero-order valence-corrected chi connectivity index (χ0v) is 9.00. The van der Waals surface area contributed by atoms with Crippen LogP contribution in [0.1, 0.15) is 39.0 Å². The van der Waals surface area contributed by atoms with Crippen molar-refractivity contribution in [2.45, 2.75) is 39.0 Å². The summed E-state index contributed by atoms with van der Waals surface area (Å²) in [5, 5.41) is 0. The van der Waals surface area contributed by atoms with Crippen molar-refractivity contribution in [2.24, 2.45) is 17.8 Å². The molecule has 2 fully saturated rings. The van der Waals surface area contributed by atoms with Gasteiger partial charge in [0, 0.05) is 12.3 Å². The average Bonchev–Trinajstić information content (AvgIpc) is 2.05. The van der Waals surface area contributed by atoms with Gasteiger partial charge in [0.05, 0.1) is 13.2 Å². The van der Waals surface area contributed by atoms with Gasteiger partial charge in [-0.25, -0.2) is 0 Å². The minimum atomic E-state index is 0.208. The van der Waals surface area contributed by atoms with E-state index in [1.165, 1.54) is 19.3 Å². The van der Waals surface area contributed by atoms with Crippen LogP contribution in [0.3, 0.4) is 0 Å². The molecule has 1 saturated heterocycles. The fraction of sp³-hybridized carbons (Fsp3) is 0.917. The number of carbonyl (C=O) groups excluding carboxylic acids is 1. The van der Waals surface area contributed by atoms with Crippen LogP contribution in [0.2, 0.25) is 0 Å². The highest BCUT2D eigenvalue weighted by molar-refractivity contribution is 5.81. The maximum Gasteiger partial charge on any atom is 0.140 e. The molecule has 1 heterocycles. The van der Waals surface area contributed by atoms with E-state index in [0.717, 1.165) is 18.3 Å². The lowest BCUT2D eigenvalue weighted by atomic mass is 9.73. The fourth-order valence-corrected chi connectivity index (χ4v) is 2.55. The summed E-state index contributed by atoms with van der Waals surface area (Å²) in [4.78, 5) is 11.6. The van der Waals surface area contributed by atoms with Crippen molar-refractivity contribution < 1.29 is 9.53 Å². The van der Waals surface area contributed by atoms with Crippen molar-refractivity contribution in [3.8, 4) is 0 Å². The van der Waals surface area contributed by atoms with Gasteiger partial charge in [0.2, 0.25) is 0 Å². The van der Waals surface area contributed by atoms with Crippen molar-refractivity contribution in [2.75, 3.05) is 13.2 Å². The van der Waals surface area contributed by atoms with E-state index in [4.69, 9.17) is 4.74 Å². The fourth-order valence-electron chi connectivity index (χ4n) is 2.55. The molecule has 2 aliphatic rings. The van der Waals surface area contributed by atoms with E-state index in [0.29, 0.717) is 25.4 Å². The van der Waals surface area contributed by atoms with E-state index in [2.05, 4.69) is 6.92 Å². The van der Waals surface area contributed by atoms with Crippen molar-refractivity contribution in [1.82, 2.24) is 0 Å². The van der Waals surface area contributed by atoms with Gasteiger partial charge in [-0.15, -0.1) is 0 Å². The summed E-state index contributed by atoms with van der Waals surface area (Å²) in [5.41, 5.74) is 0. The van der Waals surface area contributed by atoms with Crippen LogP contribution in [-0.4, -0.2) is 19.0 Å². The van der Waals surface area contributed by atoms with Gasteiger partial charge >= 0.3 is 0 Å². The quantitative estimate of drug-likeness (QED) is 0.693. The molecule has 80 valence electrons. The normalized spacial score (nSPS) is 31.2. The lowest BCUT2D eigenvalue weighted by Gasteiger charge is -2.34. The van der Waals surface area contributed by atoms with Crippen LogP contribution in [0, 0.1) is 17.8 Å². The Morgan fingerprint density at radius 2 is 2.29 bits per heavy atom. The molecule has 0 spiro atoms. The summed E-state index contributed by atoms with van der Waals surface area (Å²) < 4.78 is 5.36. The predicted octanol–water partition coefficient (Wildman–Crippen LogP) is 2.42. The molecule has 1 aliphatic heterocycles. The Morgan fingerprint density at radius 3 is 2.86 bits per heavy atom. The van der Waals surface area contributed by atoms with Gasteiger partial charge in [-0.3, -0.25) is 4.79 Å². The second-order valence-corrected chi connectivity index (χ2v) is 4.89. The zero-order chi connectivity index (χ0) is 9.97. The molecular formula is C12H20O2. The standard InChI is InChI=1S/C12H20O2/c1-9(10-3-2-4-10)7-11-8-14-6-5-12(11)13/h9-11H,2-8H2,1H3. The summed E-state index contributed by atoms with van der Waals surface area (Å²) in [6, 6.07) is 0. The van der Waals surface area contributed by atoms with E-state index in [-0.39, 0.29) is 5.92 Å². The van der Waals surface area contributed by atoms with Crippen molar-refractivity contribution in [3.05, 3.63) is 0 Å². The third-order valence-electron chi connectivity index (χ3n) is 3.88. The highest BCUT2D eigenvalue weighted by Crippen LogP contribution is 2.36. The molecule has 14 heavy (non-hydrogen) atoms. The number of ether oxygens (including phenoxy) is 1. The number of ketones is 1. The van der Waals surface area contributed by atoms with Crippen molar-refractivity contribution in [1.29, 1.82) is 0 Å². The number of hydrogen-bond donors (Lipinski definition) is 0. The zero-order valence-electron chi connectivity index (χ0n) is 9.00. The Kier molecular flexibility index (Phi) is 3.22. The molecule has 0 aromatic carbocycles. The lowest BCUT2D eigenvalue weighted by molar-refractivity contribution is -0.131. The second kappa shape index (κ2) is 4.43. The van der Waals surface area contributed by atoms with E-state index in [9.17, 15) is 4.79 Å². The van der Waals surface area contributed by atoms with Crippen LogP contribution < -0.4 is 0 Å². The molecular weight excluding hydrogens is 176 g/mol. The van der Waals surface area contributed by atoms with Crippen LogP contribution in [0.5, 0.6) is 0 Å². The Morgan fingerprint density at radius 1 is 1.50 bits per heavy atom. The van der Waals surface area contributed by atoms with Gasteiger partial charge in [-0.05, 0) is 18.3 Å². The average molecular weight is 196 g/mol. The smallest absolute Gasteiger partial charge is 0.140 e. The van der Waals surface area contributed by atoms with Crippen LogP contribution in [0.25, 0.3) is 0 Å². The van der Waals surface area contributed by atoms with Gasteiger partial charge in [-0.1, -0.05) is 26.2 Å². The van der Waals surface area contributed by atoms with Crippen LogP contribution >= 0.6 is 0 Å². The summed E-state index contributed by atoms with van der Waals surface area (Å²) >= 11 is 0. The maximum absolute atomic E-state index is 11.6. The van der Waals surface area contributed by atoms with E-state index < -0.39 is 0 Å². The molecule has 2 heteroatoms. The number of carbonyl (C=O) groups is 1. The van der Waals surface area contributed by atoms with Crippen molar-refractivity contribution in [3.63, 3.8) is 0 Å². The Balaban J connectivity index is 1.79. The summed E-state index contributed by atoms with van der Waals surface area (Å²) in [6.07, 6.45) is 5.85. The van der Waals surface area contributed by atoms with Crippen molar-refractivity contribution >= 4 is 5.78 Å². The molecule has 2 atom stereocenters. The minimum absolute atomic E-state index is 0.208. The first-order valence-electron chi connectivity index (χ1n) is 5.88. The Bertz CT molecular complexity index is 208. The molecule has 2 rings (SSSR count). The molecule has 2 unspecified atom stereocenters.